The summed E-state index contributed by atoms with van der Waals surface area (Å²) < 4.78 is 18.1. The van der Waals surface area contributed by atoms with Gasteiger partial charge in [-0.15, -0.1) is 0 Å². The van der Waals surface area contributed by atoms with Crippen LogP contribution in [-0.2, 0) is 6.61 Å². The van der Waals surface area contributed by atoms with Crippen molar-refractivity contribution < 1.29 is 19.0 Å². The molecule has 2 rings (SSSR count). The second-order valence-electron chi connectivity index (χ2n) is 3.74. The molecule has 0 aliphatic heterocycles. The molecule has 18 heavy (non-hydrogen) atoms. The Labute approximate surface area is 103 Å². The third-order valence-corrected chi connectivity index (χ3v) is 2.42. The van der Waals surface area contributed by atoms with Gasteiger partial charge in [0, 0.05) is 0 Å². The summed E-state index contributed by atoms with van der Waals surface area (Å²) in [4.78, 5) is 10.6. The van der Waals surface area contributed by atoms with E-state index in [2.05, 4.69) is 0 Å². The molecule has 0 aliphatic carbocycles. The molecule has 0 unspecified atom stereocenters. The van der Waals surface area contributed by atoms with Crippen LogP contribution in [0.15, 0.2) is 48.5 Å². The zero-order chi connectivity index (χ0) is 13.0. The predicted octanol–water partition coefficient (Wildman–Crippen LogP) is 3.10. The van der Waals surface area contributed by atoms with Crippen molar-refractivity contribution in [3.63, 3.8) is 0 Å². The first kappa shape index (κ1) is 12.1. The van der Waals surface area contributed by atoms with Crippen LogP contribution in [0.25, 0.3) is 0 Å². The van der Waals surface area contributed by atoms with E-state index in [1.807, 2.05) is 0 Å². The fourth-order valence-electron chi connectivity index (χ4n) is 1.44. The van der Waals surface area contributed by atoms with E-state index in [1.54, 1.807) is 24.3 Å². The van der Waals surface area contributed by atoms with Crippen LogP contribution in [0.3, 0.4) is 0 Å². The lowest BCUT2D eigenvalue weighted by molar-refractivity contribution is 0.0697. The molecule has 0 spiro atoms. The molecule has 0 fully saturated rings. The molecule has 0 saturated carbocycles. The maximum atomic E-state index is 12.7. The minimum absolute atomic E-state index is 0.212. The minimum atomic E-state index is -0.972. The van der Waals surface area contributed by atoms with E-state index in [1.165, 1.54) is 24.3 Å². The summed E-state index contributed by atoms with van der Waals surface area (Å²) in [5, 5.41) is 8.73. The number of aromatic carboxylic acids is 1. The number of ether oxygens (including phenoxy) is 1. The standard InChI is InChI=1S/C14H11FO3/c15-12-5-1-10(2-6-12)9-18-13-7-3-11(4-8-13)14(16)17/h1-8H,9H2,(H,16,17). The van der Waals surface area contributed by atoms with Crippen LogP contribution in [0, 0.1) is 5.82 Å². The van der Waals surface area contributed by atoms with E-state index in [0.29, 0.717) is 12.4 Å². The Balaban J connectivity index is 1.97. The van der Waals surface area contributed by atoms with Gasteiger partial charge in [-0.1, -0.05) is 12.1 Å². The molecule has 0 radical (unpaired) electrons. The first-order valence-electron chi connectivity index (χ1n) is 5.36. The van der Waals surface area contributed by atoms with Gasteiger partial charge in [0.05, 0.1) is 5.56 Å². The van der Waals surface area contributed by atoms with Gasteiger partial charge in [-0.3, -0.25) is 0 Å². The zero-order valence-corrected chi connectivity index (χ0v) is 9.47. The van der Waals surface area contributed by atoms with Gasteiger partial charge in [-0.2, -0.15) is 0 Å². The molecule has 3 nitrogen and oxygen atoms in total. The SMILES string of the molecule is O=C(O)c1ccc(OCc2ccc(F)cc2)cc1. The first-order valence-corrected chi connectivity index (χ1v) is 5.36. The number of rotatable bonds is 4. The van der Waals surface area contributed by atoms with Gasteiger partial charge < -0.3 is 9.84 Å². The summed E-state index contributed by atoms with van der Waals surface area (Å²) in [6.45, 7) is 0.312. The Morgan fingerprint density at radius 1 is 1.06 bits per heavy atom. The van der Waals surface area contributed by atoms with Crippen molar-refractivity contribution >= 4 is 5.97 Å². The molecule has 0 saturated heterocycles. The quantitative estimate of drug-likeness (QED) is 0.901. The summed E-state index contributed by atoms with van der Waals surface area (Å²) in [7, 11) is 0. The van der Waals surface area contributed by atoms with Crippen molar-refractivity contribution in [1.82, 2.24) is 0 Å². The highest BCUT2D eigenvalue weighted by Crippen LogP contribution is 2.14. The summed E-state index contributed by atoms with van der Waals surface area (Å²) in [5.74, 6) is -0.686. The zero-order valence-electron chi connectivity index (χ0n) is 9.47. The third-order valence-electron chi connectivity index (χ3n) is 2.42. The van der Waals surface area contributed by atoms with Crippen molar-refractivity contribution in [1.29, 1.82) is 0 Å². The Morgan fingerprint density at radius 3 is 2.22 bits per heavy atom. The maximum absolute atomic E-state index is 12.7. The van der Waals surface area contributed by atoms with Crippen LogP contribution in [0.5, 0.6) is 5.75 Å². The molecule has 2 aromatic rings. The van der Waals surface area contributed by atoms with E-state index >= 15 is 0 Å². The van der Waals surface area contributed by atoms with Crippen LogP contribution in [0.1, 0.15) is 15.9 Å². The molecular weight excluding hydrogens is 235 g/mol. The molecule has 0 aromatic heterocycles. The van der Waals surface area contributed by atoms with Gasteiger partial charge in [-0.25, -0.2) is 9.18 Å². The predicted molar refractivity (Wildman–Crippen MR) is 64.1 cm³/mol. The second kappa shape index (κ2) is 5.31. The highest BCUT2D eigenvalue weighted by Gasteiger charge is 2.02. The summed E-state index contributed by atoms with van der Waals surface area (Å²) >= 11 is 0. The molecular formula is C14H11FO3. The van der Waals surface area contributed by atoms with E-state index in [9.17, 15) is 9.18 Å². The van der Waals surface area contributed by atoms with Gasteiger partial charge in [0.1, 0.15) is 18.2 Å². The number of halogens is 1. The number of carboxylic acid groups (broad SMARTS) is 1. The number of hydrogen-bond donors (Lipinski definition) is 1. The van der Waals surface area contributed by atoms with Crippen molar-refractivity contribution in [2.75, 3.05) is 0 Å². The lowest BCUT2D eigenvalue weighted by Crippen LogP contribution is -1.98. The molecule has 92 valence electrons. The maximum Gasteiger partial charge on any atom is 0.335 e. The van der Waals surface area contributed by atoms with Crippen LogP contribution in [0.4, 0.5) is 4.39 Å². The van der Waals surface area contributed by atoms with E-state index in [-0.39, 0.29) is 11.4 Å². The minimum Gasteiger partial charge on any atom is -0.489 e. The van der Waals surface area contributed by atoms with Crippen molar-refractivity contribution in [2.45, 2.75) is 6.61 Å². The van der Waals surface area contributed by atoms with Crippen molar-refractivity contribution in [3.05, 3.63) is 65.5 Å². The van der Waals surface area contributed by atoms with Gasteiger partial charge in [0.25, 0.3) is 0 Å². The molecule has 0 bridgehead atoms. The van der Waals surface area contributed by atoms with Crippen LogP contribution < -0.4 is 4.74 Å². The lowest BCUT2D eigenvalue weighted by atomic mass is 10.2. The molecule has 1 N–H and O–H groups in total. The second-order valence-corrected chi connectivity index (χ2v) is 3.74. The Kier molecular flexibility index (Phi) is 3.57. The highest BCUT2D eigenvalue weighted by atomic mass is 19.1. The third kappa shape index (κ3) is 3.07. The summed E-state index contributed by atoms with van der Waals surface area (Å²) in [5.41, 5.74) is 1.06. The fraction of sp³-hybridized carbons (Fsp3) is 0.0714. The average molecular weight is 246 g/mol. The number of hydrogen-bond acceptors (Lipinski definition) is 2. The highest BCUT2D eigenvalue weighted by molar-refractivity contribution is 5.87. The molecule has 0 aliphatic rings. The largest absolute Gasteiger partial charge is 0.489 e. The van der Waals surface area contributed by atoms with Gasteiger partial charge in [0.15, 0.2) is 0 Å². The van der Waals surface area contributed by atoms with Crippen molar-refractivity contribution in [3.8, 4) is 5.75 Å². The summed E-state index contributed by atoms with van der Waals surface area (Å²) in [6, 6.07) is 12.1. The monoisotopic (exact) mass is 246 g/mol. The molecule has 0 amide bonds. The molecule has 4 heteroatoms. The van der Waals surface area contributed by atoms with E-state index < -0.39 is 5.97 Å². The average Bonchev–Trinajstić information content (AvgIpc) is 2.38. The normalized spacial score (nSPS) is 10.1. The number of benzene rings is 2. The van der Waals surface area contributed by atoms with Crippen molar-refractivity contribution in [2.24, 2.45) is 0 Å². The van der Waals surface area contributed by atoms with E-state index in [0.717, 1.165) is 5.56 Å². The smallest absolute Gasteiger partial charge is 0.335 e. The molecule has 0 heterocycles. The summed E-state index contributed by atoms with van der Waals surface area (Å²) in [6.07, 6.45) is 0. The lowest BCUT2D eigenvalue weighted by Gasteiger charge is -2.06. The van der Waals surface area contributed by atoms with Crippen LogP contribution in [0.2, 0.25) is 0 Å². The van der Waals surface area contributed by atoms with Gasteiger partial charge in [0.2, 0.25) is 0 Å². The van der Waals surface area contributed by atoms with Gasteiger partial charge in [-0.05, 0) is 42.0 Å². The Hall–Kier alpha value is -2.36. The molecule has 0 atom stereocenters. The molecule has 2 aromatic carbocycles. The Bertz CT molecular complexity index is 532. The fourth-order valence-corrected chi connectivity index (χ4v) is 1.44. The Morgan fingerprint density at radius 2 is 1.67 bits per heavy atom. The van der Waals surface area contributed by atoms with Crippen LogP contribution in [-0.4, -0.2) is 11.1 Å². The van der Waals surface area contributed by atoms with E-state index in [4.69, 9.17) is 9.84 Å². The first-order chi connectivity index (χ1) is 8.65. The number of carbonyl (C=O) groups is 1. The number of carboxylic acids is 1. The topological polar surface area (TPSA) is 46.5 Å². The van der Waals surface area contributed by atoms with Crippen LogP contribution >= 0.6 is 0 Å². The van der Waals surface area contributed by atoms with Gasteiger partial charge >= 0.3 is 5.97 Å².